The summed E-state index contributed by atoms with van der Waals surface area (Å²) in [6.07, 6.45) is -0.165. The summed E-state index contributed by atoms with van der Waals surface area (Å²) in [5.74, 6) is 0.131. The van der Waals surface area contributed by atoms with Crippen LogP contribution in [-0.2, 0) is 19.6 Å². The summed E-state index contributed by atoms with van der Waals surface area (Å²) in [5.41, 5.74) is 2.87. The van der Waals surface area contributed by atoms with Crippen molar-refractivity contribution in [2.75, 3.05) is 12.3 Å². The van der Waals surface area contributed by atoms with Crippen molar-refractivity contribution in [1.29, 1.82) is 0 Å². The molecule has 2 aromatic rings. The zero-order valence-corrected chi connectivity index (χ0v) is 14.2. The Morgan fingerprint density at radius 2 is 2.08 bits per heavy atom. The SMILES string of the molecule is C[C@@]1(n2cnc3c(N)ncnc32)O[C@H](COP(=O)(O)O)[C@@H](O)[C@@]1(C)O. The molecule has 138 valence electrons. The number of fused-ring (bicyclic) bond motifs is 1. The van der Waals surface area contributed by atoms with Gasteiger partial charge in [0.05, 0.1) is 12.9 Å². The van der Waals surface area contributed by atoms with Crippen LogP contribution in [-0.4, -0.2) is 63.9 Å². The van der Waals surface area contributed by atoms with E-state index in [-0.39, 0.29) is 17.0 Å². The van der Waals surface area contributed by atoms with Gasteiger partial charge >= 0.3 is 7.82 Å². The van der Waals surface area contributed by atoms with E-state index in [9.17, 15) is 14.8 Å². The highest BCUT2D eigenvalue weighted by molar-refractivity contribution is 7.46. The first-order chi connectivity index (χ1) is 11.5. The second kappa shape index (κ2) is 5.68. The molecule has 0 spiro atoms. The van der Waals surface area contributed by atoms with E-state index in [4.69, 9.17) is 20.3 Å². The number of aromatic nitrogens is 4. The van der Waals surface area contributed by atoms with Crippen molar-refractivity contribution in [1.82, 2.24) is 19.5 Å². The van der Waals surface area contributed by atoms with Crippen LogP contribution in [0.4, 0.5) is 5.82 Å². The molecule has 0 aromatic carbocycles. The zero-order valence-electron chi connectivity index (χ0n) is 13.3. The molecular weight excluding hydrogens is 357 g/mol. The predicted octanol–water partition coefficient (Wildman–Crippen LogP) is -1.30. The molecule has 12 nitrogen and oxygen atoms in total. The Morgan fingerprint density at radius 1 is 1.40 bits per heavy atom. The lowest BCUT2D eigenvalue weighted by Gasteiger charge is -2.37. The number of imidazole rings is 1. The third kappa shape index (κ3) is 2.81. The van der Waals surface area contributed by atoms with Gasteiger partial charge in [-0.25, -0.2) is 19.5 Å². The van der Waals surface area contributed by atoms with Crippen LogP contribution in [0.1, 0.15) is 13.8 Å². The van der Waals surface area contributed by atoms with E-state index in [2.05, 4.69) is 19.5 Å². The summed E-state index contributed by atoms with van der Waals surface area (Å²) >= 11 is 0. The van der Waals surface area contributed by atoms with Crippen molar-refractivity contribution in [2.45, 2.75) is 37.4 Å². The number of aliphatic hydroxyl groups is 2. The lowest BCUT2D eigenvalue weighted by atomic mass is 9.88. The molecule has 0 radical (unpaired) electrons. The maximum Gasteiger partial charge on any atom is 0.469 e. The van der Waals surface area contributed by atoms with Crippen molar-refractivity contribution >= 4 is 24.8 Å². The minimum Gasteiger partial charge on any atom is -0.387 e. The summed E-state index contributed by atoms with van der Waals surface area (Å²) in [7, 11) is -4.76. The fourth-order valence-electron chi connectivity index (χ4n) is 2.88. The quantitative estimate of drug-likeness (QED) is 0.400. The van der Waals surface area contributed by atoms with Crippen LogP contribution in [0.25, 0.3) is 11.2 Å². The van der Waals surface area contributed by atoms with Gasteiger partial charge in [-0.3, -0.25) is 9.09 Å². The van der Waals surface area contributed by atoms with Gasteiger partial charge in [0.15, 0.2) is 17.2 Å². The summed E-state index contributed by atoms with van der Waals surface area (Å²) in [6.45, 7) is 2.18. The molecule has 1 fully saturated rings. The number of phosphoric acid groups is 1. The Bertz CT molecular complexity index is 851. The van der Waals surface area contributed by atoms with Crippen molar-refractivity contribution in [3.05, 3.63) is 12.7 Å². The molecule has 0 amide bonds. The van der Waals surface area contributed by atoms with E-state index in [1.807, 2.05) is 0 Å². The number of rotatable bonds is 4. The molecule has 0 bridgehead atoms. The Labute approximate surface area is 141 Å². The standard InChI is InChI=1S/C12H18N5O7P/c1-11(19)8(18)6(3-23-25(20,21)22)24-12(11,2)17-5-16-7-9(13)14-4-15-10(7)17/h4-6,8,18-19H,3H2,1-2H3,(H2,13,14,15)(H2,20,21,22)/t6-,8-,11-,12-/m1/s1. The summed E-state index contributed by atoms with van der Waals surface area (Å²) in [6, 6.07) is 0. The molecule has 25 heavy (non-hydrogen) atoms. The van der Waals surface area contributed by atoms with Gasteiger partial charge in [-0.15, -0.1) is 0 Å². The molecule has 13 heteroatoms. The van der Waals surface area contributed by atoms with Crippen LogP contribution in [0, 0.1) is 0 Å². The monoisotopic (exact) mass is 375 g/mol. The van der Waals surface area contributed by atoms with Gasteiger partial charge < -0.3 is 30.5 Å². The van der Waals surface area contributed by atoms with Crippen molar-refractivity contribution in [2.24, 2.45) is 0 Å². The van der Waals surface area contributed by atoms with E-state index < -0.39 is 38.0 Å². The highest BCUT2D eigenvalue weighted by Crippen LogP contribution is 2.46. The molecule has 1 aliphatic heterocycles. The number of ether oxygens (including phenoxy) is 1. The van der Waals surface area contributed by atoms with Crippen LogP contribution in [0.5, 0.6) is 0 Å². The topological polar surface area (TPSA) is 186 Å². The lowest BCUT2D eigenvalue weighted by molar-refractivity contribution is -0.174. The number of aliphatic hydroxyl groups excluding tert-OH is 1. The van der Waals surface area contributed by atoms with E-state index >= 15 is 0 Å². The van der Waals surface area contributed by atoms with Crippen molar-refractivity contribution < 1.29 is 33.8 Å². The third-order valence-electron chi connectivity index (χ3n) is 4.48. The molecule has 1 saturated heterocycles. The van der Waals surface area contributed by atoms with Crippen LogP contribution in [0.15, 0.2) is 12.7 Å². The second-order valence-corrected chi connectivity index (χ2v) is 7.30. The van der Waals surface area contributed by atoms with E-state index in [0.717, 1.165) is 0 Å². The lowest BCUT2D eigenvalue weighted by Crippen LogP contribution is -2.53. The Balaban J connectivity index is 2.01. The van der Waals surface area contributed by atoms with E-state index in [0.29, 0.717) is 0 Å². The summed E-state index contributed by atoms with van der Waals surface area (Å²) < 4.78 is 22.4. The van der Waals surface area contributed by atoms with Gasteiger partial charge in [-0.2, -0.15) is 0 Å². The van der Waals surface area contributed by atoms with Crippen molar-refractivity contribution in [3.63, 3.8) is 0 Å². The zero-order chi connectivity index (χ0) is 18.6. The fourth-order valence-corrected chi connectivity index (χ4v) is 3.22. The molecular formula is C12H18N5O7P. The maximum absolute atomic E-state index is 10.9. The smallest absolute Gasteiger partial charge is 0.387 e. The van der Waals surface area contributed by atoms with Crippen LogP contribution in [0.2, 0.25) is 0 Å². The van der Waals surface area contributed by atoms with E-state index in [1.165, 1.54) is 31.1 Å². The fraction of sp³-hybridized carbons (Fsp3) is 0.583. The van der Waals surface area contributed by atoms with Gasteiger partial charge in [-0.1, -0.05) is 0 Å². The molecule has 3 heterocycles. The average Bonchev–Trinajstić information content (AvgIpc) is 3.01. The number of anilines is 1. The Hall–Kier alpha value is -1.66. The van der Waals surface area contributed by atoms with Gasteiger partial charge in [0.1, 0.15) is 29.7 Å². The first-order valence-corrected chi connectivity index (χ1v) is 8.73. The second-order valence-electron chi connectivity index (χ2n) is 6.06. The normalized spacial score (nSPS) is 33.2. The number of nitrogens with zero attached hydrogens (tertiary/aromatic N) is 4. The molecule has 0 unspecified atom stereocenters. The molecule has 0 saturated carbocycles. The number of hydrogen-bond donors (Lipinski definition) is 5. The summed E-state index contributed by atoms with van der Waals surface area (Å²) in [4.78, 5) is 29.6. The molecule has 2 aromatic heterocycles. The van der Waals surface area contributed by atoms with Gasteiger partial charge in [0, 0.05) is 0 Å². The molecule has 4 atom stereocenters. The molecule has 3 rings (SSSR count). The van der Waals surface area contributed by atoms with Crippen molar-refractivity contribution in [3.8, 4) is 0 Å². The molecule has 1 aliphatic rings. The number of hydrogen-bond acceptors (Lipinski definition) is 9. The van der Waals surface area contributed by atoms with Crippen LogP contribution >= 0.6 is 7.82 Å². The van der Waals surface area contributed by atoms with Gasteiger partial charge in [0.25, 0.3) is 0 Å². The Morgan fingerprint density at radius 3 is 2.72 bits per heavy atom. The first-order valence-electron chi connectivity index (χ1n) is 7.20. The minimum absolute atomic E-state index is 0.131. The van der Waals surface area contributed by atoms with E-state index in [1.54, 1.807) is 0 Å². The van der Waals surface area contributed by atoms with Crippen LogP contribution in [0.3, 0.4) is 0 Å². The highest BCUT2D eigenvalue weighted by Gasteiger charge is 2.61. The molecule has 6 N–H and O–H groups in total. The molecule has 0 aliphatic carbocycles. The maximum atomic E-state index is 10.9. The number of nitrogen functional groups attached to an aromatic ring is 1. The highest BCUT2D eigenvalue weighted by atomic mass is 31.2. The number of nitrogens with two attached hydrogens (primary N) is 1. The van der Waals surface area contributed by atoms with Crippen LogP contribution < -0.4 is 5.73 Å². The summed E-state index contributed by atoms with van der Waals surface area (Å²) in [5, 5.41) is 21.2. The third-order valence-corrected chi connectivity index (χ3v) is 4.96. The largest absolute Gasteiger partial charge is 0.469 e. The van der Waals surface area contributed by atoms with Gasteiger partial charge in [-0.05, 0) is 13.8 Å². The minimum atomic E-state index is -4.76. The number of phosphoric ester groups is 1. The average molecular weight is 375 g/mol. The Kier molecular flexibility index (Phi) is 4.12. The van der Waals surface area contributed by atoms with Gasteiger partial charge in [0.2, 0.25) is 0 Å². The first kappa shape index (κ1) is 18.1. The predicted molar refractivity (Wildman–Crippen MR) is 82.9 cm³/mol.